The van der Waals surface area contributed by atoms with Gasteiger partial charge in [-0.15, -0.1) is 0 Å². The molecule has 1 aliphatic heterocycles. The van der Waals surface area contributed by atoms with Gasteiger partial charge in [-0.1, -0.05) is 32.0 Å². The number of carbonyl (C=O) groups is 1. The zero-order valence-electron chi connectivity index (χ0n) is 15.0. The van der Waals surface area contributed by atoms with Crippen LogP contribution in [0.2, 0.25) is 0 Å². The number of furan rings is 1. The number of benzene rings is 1. The number of carbonyl (C=O) groups excluding carboxylic acids is 1. The fourth-order valence-electron chi connectivity index (χ4n) is 3.40. The molecular weight excluding hydrogens is 318 g/mol. The molecule has 136 valence electrons. The van der Waals surface area contributed by atoms with Crippen LogP contribution in [0.3, 0.4) is 0 Å². The molecule has 4 N–H and O–H groups in total. The Bertz CT molecular complexity index is 741. The van der Waals surface area contributed by atoms with Crippen LogP contribution >= 0.6 is 0 Å². The molecule has 6 nitrogen and oxygen atoms in total. The second kappa shape index (κ2) is 7.45. The maximum absolute atomic E-state index is 12.5. The molecule has 1 saturated heterocycles. The lowest BCUT2D eigenvalue weighted by Gasteiger charge is -2.30. The van der Waals surface area contributed by atoms with Gasteiger partial charge >= 0.3 is 6.03 Å². The summed E-state index contributed by atoms with van der Waals surface area (Å²) < 4.78 is 6.03. The summed E-state index contributed by atoms with van der Waals surface area (Å²) in [6.07, 6.45) is 0.987. The lowest BCUT2D eigenvalue weighted by molar-refractivity contribution is 0.0738. The third-order valence-electron chi connectivity index (χ3n) is 4.86. The normalized spacial score (nSPS) is 22.1. The lowest BCUT2D eigenvalue weighted by atomic mass is 9.98. The highest BCUT2D eigenvalue weighted by Gasteiger charge is 2.28. The molecular formula is C19H27N3O3. The van der Waals surface area contributed by atoms with Gasteiger partial charge in [-0.05, 0) is 38.3 Å². The van der Waals surface area contributed by atoms with Crippen molar-refractivity contribution in [3.8, 4) is 0 Å². The molecule has 3 rings (SSSR count). The largest absolute Gasteiger partial charge is 0.459 e. The second-order valence-corrected chi connectivity index (χ2v) is 7.07. The number of hydrogen-bond acceptors (Lipinski definition) is 4. The van der Waals surface area contributed by atoms with Gasteiger partial charge < -0.3 is 20.2 Å². The van der Waals surface area contributed by atoms with E-state index in [1.54, 1.807) is 0 Å². The molecule has 0 radical (unpaired) electrons. The second-order valence-electron chi connectivity index (χ2n) is 7.07. The van der Waals surface area contributed by atoms with Crippen LogP contribution in [0.25, 0.3) is 11.0 Å². The van der Waals surface area contributed by atoms with Crippen LogP contribution in [0.15, 0.2) is 28.7 Å². The molecule has 6 heteroatoms. The fourth-order valence-corrected chi connectivity index (χ4v) is 3.40. The first kappa shape index (κ1) is 17.8. The summed E-state index contributed by atoms with van der Waals surface area (Å²) in [6, 6.07) is 7.09. The van der Waals surface area contributed by atoms with Crippen molar-refractivity contribution in [3.05, 3.63) is 35.6 Å². The Hall–Kier alpha value is -2.05. The van der Waals surface area contributed by atoms with Gasteiger partial charge in [0.15, 0.2) is 0 Å². The van der Waals surface area contributed by atoms with Crippen LogP contribution in [0.4, 0.5) is 4.79 Å². The standard InChI is InChI=1S/C19H27N3O3/c1-11(2)16(17-12(3)13-7-4-5-9-15(13)25-17)22-19(24)21-14-8-6-10-20-18(14)23/h4-5,7,9,11,14,16,18,20,23H,6,8,10H2,1-3H3,(H2,21,22,24). The molecule has 1 fully saturated rings. The minimum absolute atomic E-state index is 0.166. The van der Waals surface area contributed by atoms with E-state index >= 15 is 0 Å². The minimum Gasteiger partial charge on any atom is -0.459 e. The summed E-state index contributed by atoms with van der Waals surface area (Å²) in [5.41, 5.74) is 1.88. The van der Waals surface area contributed by atoms with Crippen LogP contribution < -0.4 is 16.0 Å². The predicted molar refractivity (Wildman–Crippen MR) is 97.2 cm³/mol. The van der Waals surface area contributed by atoms with Gasteiger partial charge in [0.1, 0.15) is 17.6 Å². The molecule has 1 aliphatic rings. The number of rotatable bonds is 4. The van der Waals surface area contributed by atoms with Crippen LogP contribution in [-0.2, 0) is 0 Å². The third-order valence-corrected chi connectivity index (χ3v) is 4.86. The lowest BCUT2D eigenvalue weighted by Crippen LogP contribution is -2.55. The first-order valence-corrected chi connectivity index (χ1v) is 8.94. The van der Waals surface area contributed by atoms with Gasteiger partial charge in [-0.25, -0.2) is 4.79 Å². The monoisotopic (exact) mass is 345 g/mol. The number of amides is 2. The quantitative estimate of drug-likeness (QED) is 0.686. The highest BCUT2D eigenvalue weighted by molar-refractivity contribution is 5.82. The summed E-state index contributed by atoms with van der Waals surface area (Å²) in [5, 5.41) is 19.9. The topological polar surface area (TPSA) is 86.5 Å². The number of aliphatic hydroxyl groups excluding tert-OH is 1. The molecule has 3 unspecified atom stereocenters. The summed E-state index contributed by atoms with van der Waals surface area (Å²) in [4.78, 5) is 12.5. The van der Waals surface area contributed by atoms with E-state index in [4.69, 9.17) is 4.42 Å². The Balaban J connectivity index is 1.76. The number of hydrogen-bond donors (Lipinski definition) is 4. The maximum atomic E-state index is 12.5. The van der Waals surface area contributed by atoms with E-state index in [9.17, 15) is 9.90 Å². The van der Waals surface area contributed by atoms with Crippen molar-refractivity contribution in [2.75, 3.05) is 6.54 Å². The predicted octanol–water partition coefficient (Wildman–Crippen LogP) is 2.81. The summed E-state index contributed by atoms with van der Waals surface area (Å²) in [5.74, 6) is 0.952. The summed E-state index contributed by atoms with van der Waals surface area (Å²) in [6.45, 7) is 6.89. The number of fused-ring (bicyclic) bond motifs is 1. The van der Waals surface area contributed by atoms with Crippen LogP contribution in [0, 0.1) is 12.8 Å². The Kier molecular flexibility index (Phi) is 5.30. The van der Waals surface area contributed by atoms with Crippen LogP contribution in [-0.4, -0.2) is 30.0 Å². The van der Waals surface area contributed by atoms with Gasteiger partial charge in [-0.2, -0.15) is 0 Å². The number of aryl methyl sites for hydroxylation is 1. The molecule has 2 aromatic rings. The van der Waals surface area contributed by atoms with Gasteiger partial charge in [0.25, 0.3) is 0 Å². The molecule has 0 saturated carbocycles. The molecule has 25 heavy (non-hydrogen) atoms. The SMILES string of the molecule is Cc1c(C(NC(=O)NC2CCCNC2O)C(C)C)oc2ccccc12. The first-order chi connectivity index (χ1) is 12.0. The van der Waals surface area contributed by atoms with E-state index in [2.05, 4.69) is 29.8 Å². The highest BCUT2D eigenvalue weighted by atomic mass is 16.3. The van der Waals surface area contributed by atoms with E-state index in [1.807, 2.05) is 31.2 Å². The molecule has 2 amide bonds. The Labute approximate surface area is 148 Å². The number of aliphatic hydroxyl groups is 1. The van der Waals surface area contributed by atoms with Crippen molar-refractivity contribution in [1.29, 1.82) is 0 Å². The minimum atomic E-state index is -0.704. The Morgan fingerprint density at radius 1 is 1.36 bits per heavy atom. The van der Waals surface area contributed by atoms with Gasteiger partial charge in [0.05, 0.1) is 12.1 Å². The Morgan fingerprint density at radius 2 is 2.12 bits per heavy atom. The van der Waals surface area contributed by atoms with Crippen molar-refractivity contribution in [1.82, 2.24) is 16.0 Å². The van der Waals surface area contributed by atoms with Crippen LogP contribution in [0.1, 0.15) is 44.1 Å². The van der Waals surface area contributed by atoms with E-state index in [1.165, 1.54) is 0 Å². The van der Waals surface area contributed by atoms with Crippen molar-refractivity contribution in [2.24, 2.45) is 5.92 Å². The van der Waals surface area contributed by atoms with Crippen molar-refractivity contribution < 1.29 is 14.3 Å². The van der Waals surface area contributed by atoms with Crippen LogP contribution in [0.5, 0.6) is 0 Å². The molecule has 0 aliphatic carbocycles. The summed E-state index contributed by atoms with van der Waals surface area (Å²) in [7, 11) is 0. The molecule has 2 heterocycles. The van der Waals surface area contributed by atoms with E-state index in [-0.39, 0.29) is 24.0 Å². The zero-order chi connectivity index (χ0) is 18.0. The number of piperidine rings is 1. The number of urea groups is 1. The average Bonchev–Trinajstić information content (AvgIpc) is 2.91. The molecule has 0 bridgehead atoms. The highest BCUT2D eigenvalue weighted by Crippen LogP contribution is 2.32. The van der Waals surface area contributed by atoms with Crippen molar-refractivity contribution >= 4 is 17.0 Å². The third kappa shape index (κ3) is 3.80. The Morgan fingerprint density at radius 3 is 2.80 bits per heavy atom. The van der Waals surface area contributed by atoms with Crippen molar-refractivity contribution in [2.45, 2.75) is 51.9 Å². The molecule has 1 aromatic heterocycles. The smallest absolute Gasteiger partial charge is 0.315 e. The molecule has 0 spiro atoms. The zero-order valence-corrected chi connectivity index (χ0v) is 15.0. The van der Waals surface area contributed by atoms with E-state index in [0.29, 0.717) is 0 Å². The average molecular weight is 345 g/mol. The molecule has 1 aromatic carbocycles. The van der Waals surface area contributed by atoms with Crippen molar-refractivity contribution in [3.63, 3.8) is 0 Å². The van der Waals surface area contributed by atoms with Gasteiger partial charge in [-0.3, -0.25) is 5.32 Å². The van der Waals surface area contributed by atoms with Gasteiger partial charge in [0.2, 0.25) is 0 Å². The van der Waals surface area contributed by atoms with E-state index < -0.39 is 6.23 Å². The maximum Gasteiger partial charge on any atom is 0.315 e. The fraction of sp³-hybridized carbons (Fsp3) is 0.526. The van der Waals surface area contributed by atoms with E-state index in [0.717, 1.165) is 41.7 Å². The van der Waals surface area contributed by atoms with Gasteiger partial charge in [0, 0.05) is 10.9 Å². The number of nitrogens with one attached hydrogen (secondary N) is 3. The summed E-state index contributed by atoms with van der Waals surface area (Å²) >= 11 is 0. The first-order valence-electron chi connectivity index (χ1n) is 8.94. The number of para-hydroxylation sites is 1. The molecule has 3 atom stereocenters.